The number of hydrogen-bond acceptors (Lipinski definition) is 5. The summed E-state index contributed by atoms with van der Waals surface area (Å²) in [5.41, 5.74) is 4.29. The second-order valence-corrected chi connectivity index (χ2v) is 5.56. The van der Waals surface area contributed by atoms with Gasteiger partial charge in [0.15, 0.2) is 5.84 Å². The Kier molecular flexibility index (Phi) is 5.76. The van der Waals surface area contributed by atoms with Crippen molar-refractivity contribution in [1.82, 2.24) is 5.32 Å². The Balaban J connectivity index is 2.75. The number of ether oxygens (including phenoxy) is 2. The van der Waals surface area contributed by atoms with E-state index in [2.05, 4.69) is 10.5 Å². The van der Waals surface area contributed by atoms with Crippen LogP contribution >= 0.6 is 0 Å². The standard InChI is InChI=1S/C13H25N3O4/c1-4-20-12(2,3)9-15-11(17)13(10(14)16-18)5-7-19-8-6-13/h18H,4-9H2,1-3H3,(H2,14,16)(H,15,17). The van der Waals surface area contributed by atoms with Crippen molar-refractivity contribution in [2.24, 2.45) is 16.3 Å². The van der Waals surface area contributed by atoms with Crippen LogP contribution in [0.5, 0.6) is 0 Å². The molecule has 0 bridgehead atoms. The quantitative estimate of drug-likeness (QED) is 0.285. The van der Waals surface area contributed by atoms with Crippen LogP contribution in [0.4, 0.5) is 0 Å². The van der Waals surface area contributed by atoms with E-state index >= 15 is 0 Å². The van der Waals surface area contributed by atoms with Crippen LogP contribution in [0.25, 0.3) is 0 Å². The number of nitrogens with two attached hydrogens (primary N) is 1. The monoisotopic (exact) mass is 287 g/mol. The number of nitrogens with one attached hydrogen (secondary N) is 1. The van der Waals surface area contributed by atoms with Crippen LogP contribution in [0.3, 0.4) is 0 Å². The summed E-state index contributed by atoms with van der Waals surface area (Å²) in [7, 11) is 0. The molecule has 0 radical (unpaired) electrons. The van der Waals surface area contributed by atoms with Crippen molar-refractivity contribution in [3.63, 3.8) is 0 Å². The maximum atomic E-state index is 12.5. The molecular formula is C13H25N3O4. The van der Waals surface area contributed by atoms with Crippen LogP contribution in [0.15, 0.2) is 5.16 Å². The maximum Gasteiger partial charge on any atom is 0.234 e. The third kappa shape index (κ3) is 3.83. The highest BCUT2D eigenvalue weighted by Gasteiger charge is 2.44. The zero-order valence-electron chi connectivity index (χ0n) is 12.4. The Bertz CT molecular complexity index is 363. The number of carbonyl (C=O) groups excluding carboxylic acids is 1. The van der Waals surface area contributed by atoms with Gasteiger partial charge in [0, 0.05) is 26.4 Å². The Labute approximate surface area is 119 Å². The van der Waals surface area contributed by atoms with E-state index in [9.17, 15) is 4.79 Å². The number of amides is 1. The SMILES string of the molecule is CCOC(C)(C)CNC(=O)C1(C(N)=NO)CCOCC1. The number of oxime groups is 1. The first kappa shape index (κ1) is 16.7. The lowest BCUT2D eigenvalue weighted by molar-refractivity contribution is -0.133. The smallest absolute Gasteiger partial charge is 0.234 e. The lowest BCUT2D eigenvalue weighted by Crippen LogP contribution is -2.54. The van der Waals surface area contributed by atoms with Crippen LogP contribution in [-0.2, 0) is 14.3 Å². The van der Waals surface area contributed by atoms with Crippen molar-refractivity contribution in [2.45, 2.75) is 39.2 Å². The molecule has 1 saturated heterocycles. The summed E-state index contributed by atoms with van der Waals surface area (Å²) < 4.78 is 10.8. The van der Waals surface area contributed by atoms with E-state index in [1.807, 2.05) is 20.8 Å². The van der Waals surface area contributed by atoms with Gasteiger partial charge >= 0.3 is 0 Å². The molecular weight excluding hydrogens is 262 g/mol. The summed E-state index contributed by atoms with van der Waals surface area (Å²) in [6.45, 7) is 7.47. The molecule has 0 unspecified atom stereocenters. The van der Waals surface area contributed by atoms with Crippen molar-refractivity contribution in [1.29, 1.82) is 0 Å². The van der Waals surface area contributed by atoms with Gasteiger partial charge in [0.25, 0.3) is 0 Å². The largest absolute Gasteiger partial charge is 0.409 e. The highest BCUT2D eigenvalue weighted by molar-refractivity contribution is 6.06. The van der Waals surface area contributed by atoms with Gasteiger partial charge < -0.3 is 25.7 Å². The Hall–Kier alpha value is -1.34. The second-order valence-electron chi connectivity index (χ2n) is 5.56. The number of hydrogen-bond donors (Lipinski definition) is 3. The number of amidine groups is 1. The Morgan fingerprint density at radius 2 is 2.10 bits per heavy atom. The van der Waals surface area contributed by atoms with E-state index in [-0.39, 0.29) is 11.7 Å². The van der Waals surface area contributed by atoms with E-state index in [0.29, 0.717) is 39.2 Å². The molecule has 1 rings (SSSR count). The molecule has 1 aliphatic heterocycles. The van der Waals surface area contributed by atoms with Crippen LogP contribution in [-0.4, -0.2) is 48.9 Å². The molecule has 0 aliphatic carbocycles. The highest BCUT2D eigenvalue weighted by atomic mass is 16.5. The van der Waals surface area contributed by atoms with E-state index in [1.54, 1.807) is 0 Å². The minimum absolute atomic E-state index is 0.0625. The Morgan fingerprint density at radius 3 is 2.60 bits per heavy atom. The van der Waals surface area contributed by atoms with Crippen LogP contribution < -0.4 is 11.1 Å². The summed E-state index contributed by atoms with van der Waals surface area (Å²) in [5, 5.41) is 14.8. The van der Waals surface area contributed by atoms with E-state index in [4.69, 9.17) is 20.4 Å². The lowest BCUT2D eigenvalue weighted by Gasteiger charge is -2.35. The number of carbonyl (C=O) groups is 1. The average molecular weight is 287 g/mol. The molecule has 0 spiro atoms. The predicted octanol–water partition coefficient (Wildman–Crippen LogP) is 0.461. The molecule has 116 valence electrons. The fourth-order valence-corrected chi connectivity index (χ4v) is 2.32. The molecule has 1 aliphatic rings. The molecule has 1 heterocycles. The van der Waals surface area contributed by atoms with Gasteiger partial charge in [-0.1, -0.05) is 5.16 Å². The van der Waals surface area contributed by atoms with Gasteiger partial charge in [0.05, 0.1) is 5.60 Å². The van der Waals surface area contributed by atoms with Gasteiger partial charge in [-0.15, -0.1) is 0 Å². The minimum atomic E-state index is -0.991. The third-order valence-electron chi connectivity index (χ3n) is 3.59. The van der Waals surface area contributed by atoms with Crippen molar-refractivity contribution in [2.75, 3.05) is 26.4 Å². The average Bonchev–Trinajstić information content (AvgIpc) is 2.44. The summed E-state index contributed by atoms with van der Waals surface area (Å²) in [6, 6.07) is 0. The molecule has 7 heteroatoms. The zero-order chi connectivity index (χ0) is 15.2. The molecule has 0 aromatic rings. The molecule has 20 heavy (non-hydrogen) atoms. The first-order chi connectivity index (χ1) is 9.38. The highest BCUT2D eigenvalue weighted by Crippen LogP contribution is 2.31. The molecule has 7 nitrogen and oxygen atoms in total. The van der Waals surface area contributed by atoms with Crippen molar-refractivity contribution in [3.8, 4) is 0 Å². The predicted molar refractivity (Wildman–Crippen MR) is 74.6 cm³/mol. The fourth-order valence-electron chi connectivity index (χ4n) is 2.32. The maximum absolute atomic E-state index is 12.5. The topological polar surface area (TPSA) is 106 Å². The summed E-state index contributed by atoms with van der Waals surface area (Å²) in [5.74, 6) is -0.309. The third-order valence-corrected chi connectivity index (χ3v) is 3.59. The second kappa shape index (κ2) is 6.90. The molecule has 1 amide bonds. The number of rotatable bonds is 6. The van der Waals surface area contributed by atoms with Gasteiger partial charge in [0.1, 0.15) is 5.41 Å². The van der Waals surface area contributed by atoms with Crippen molar-refractivity contribution in [3.05, 3.63) is 0 Å². The minimum Gasteiger partial charge on any atom is -0.409 e. The van der Waals surface area contributed by atoms with Gasteiger partial charge in [0.2, 0.25) is 5.91 Å². The Morgan fingerprint density at radius 1 is 1.50 bits per heavy atom. The first-order valence-electron chi connectivity index (χ1n) is 6.86. The summed E-state index contributed by atoms with van der Waals surface area (Å²) in [6.07, 6.45) is 0.813. The zero-order valence-corrected chi connectivity index (χ0v) is 12.4. The van der Waals surface area contributed by atoms with Crippen LogP contribution in [0.2, 0.25) is 0 Å². The van der Waals surface area contributed by atoms with Crippen molar-refractivity contribution < 1.29 is 19.5 Å². The normalized spacial score (nSPS) is 19.6. The summed E-state index contributed by atoms with van der Waals surface area (Å²) >= 11 is 0. The number of nitrogens with zero attached hydrogens (tertiary/aromatic N) is 1. The molecule has 4 N–H and O–H groups in total. The lowest BCUT2D eigenvalue weighted by atomic mass is 9.78. The van der Waals surface area contributed by atoms with E-state index in [0.717, 1.165) is 0 Å². The molecule has 0 aromatic heterocycles. The summed E-state index contributed by atoms with van der Waals surface area (Å²) in [4.78, 5) is 12.5. The van der Waals surface area contributed by atoms with Crippen molar-refractivity contribution >= 4 is 11.7 Å². The van der Waals surface area contributed by atoms with Crippen LogP contribution in [0.1, 0.15) is 33.6 Å². The first-order valence-corrected chi connectivity index (χ1v) is 6.86. The van der Waals surface area contributed by atoms with E-state index < -0.39 is 11.0 Å². The van der Waals surface area contributed by atoms with Gasteiger partial charge in [-0.25, -0.2) is 0 Å². The van der Waals surface area contributed by atoms with Gasteiger partial charge in [-0.05, 0) is 33.6 Å². The van der Waals surface area contributed by atoms with Gasteiger partial charge in [-0.3, -0.25) is 4.79 Å². The molecule has 0 saturated carbocycles. The molecule has 0 aromatic carbocycles. The molecule has 1 fully saturated rings. The fraction of sp³-hybridized carbons (Fsp3) is 0.846. The molecule has 0 atom stereocenters. The van der Waals surface area contributed by atoms with Gasteiger partial charge in [-0.2, -0.15) is 0 Å². The van der Waals surface area contributed by atoms with E-state index in [1.165, 1.54) is 0 Å². The van der Waals surface area contributed by atoms with Crippen LogP contribution in [0, 0.1) is 5.41 Å².